The standard InChI is InChI=1S/C23H18N4O4S/c24-12-15-6-8-17(9-7-15)25-21(28)19-13-32-14-27(19)23(30)16-3-1-4-18(11-16)26-22(29)20-5-2-10-31-20/h1-11,19H,13-14H2,(H,25,28)(H,26,29). The Morgan fingerprint density at radius 2 is 1.84 bits per heavy atom. The number of hydrogen-bond donors (Lipinski definition) is 2. The van der Waals surface area contributed by atoms with Crippen LogP contribution in [0.15, 0.2) is 71.3 Å². The Morgan fingerprint density at radius 1 is 1.03 bits per heavy atom. The van der Waals surface area contributed by atoms with Crippen LogP contribution in [-0.2, 0) is 4.79 Å². The van der Waals surface area contributed by atoms with Crippen LogP contribution in [0.25, 0.3) is 0 Å². The SMILES string of the molecule is N#Cc1ccc(NC(=O)C2CSCN2C(=O)c2cccc(NC(=O)c3ccco3)c2)cc1. The van der Waals surface area contributed by atoms with Crippen LogP contribution in [0.3, 0.4) is 0 Å². The molecule has 1 saturated heterocycles. The normalized spacial score (nSPS) is 15.1. The van der Waals surface area contributed by atoms with Gasteiger partial charge in [-0.25, -0.2) is 0 Å². The van der Waals surface area contributed by atoms with Crippen LogP contribution in [0.4, 0.5) is 11.4 Å². The van der Waals surface area contributed by atoms with Gasteiger partial charge in [-0.05, 0) is 54.6 Å². The first-order valence-electron chi connectivity index (χ1n) is 9.70. The number of furan rings is 1. The smallest absolute Gasteiger partial charge is 0.291 e. The van der Waals surface area contributed by atoms with Crippen molar-refractivity contribution in [3.8, 4) is 6.07 Å². The molecule has 0 bridgehead atoms. The van der Waals surface area contributed by atoms with Gasteiger partial charge in [0.05, 0.1) is 23.8 Å². The Hall–Kier alpha value is -4.03. The molecule has 0 spiro atoms. The molecule has 1 aliphatic heterocycles. The van der Waals surface area contributed by atoms with Crippen LogP contribution in [0, 0.1) is 11.3 Å². The van der Waals surface area contributed by atoms with Crippen LogP contribution in [0.5, 0.6) is 0 Å². The molecule has 2 heterocycles. The molecule has 8 nitrogen and oxygen atoms in total. The molecule has 9 heteroatoms. The average Bonchev–Trinajstić information content (AvgIpc) is 3.52. The molecule has 1 aliphatic rings. The lowest BCUT2D eigenvalue weighted by Gasteiger charge is -2.23. The van der Waals surface area contributed by atoms with Crippen LogP contribution < -0.4 is 10.6 Å². The summed E-state index contributed by atoms with van der Waals surface area (Å²) in [5.74, 6) is 0.00313. The number of anilines is 2. The highest BCUT2D eigenvalue weighted by molar-refractivity contribution is 7.99. The minimum atomic E-state index is -0.635. The Balaban J connectivity index is 1.45. The molecule has 1 unspecified atom stereocenters. The van der Waals surface area contributed by atoms with Crippen molar-refractivity contribution in [1.29, 1.82) is 5.26 Å². The zero-order chi connectivity index (χ0) is 22.5. The van der Waals surface area contributed by atoms with Crippen LogP contribution in [0.2, 0.25) is 0 Å². The molecular weight excluding hydrogens is 428 g/mol. The second-order valence-corrected chi connectivity index (χ2v) is 7.98. The summed E-state index contributed by atoms with van der Waals surface area (Å²) in [4.78, 5) is 39.6. The molecule has 1 atom stereocenters. The number of thioether (sulfide) groups is 1. The zero-order valence-electron chi connectivity index (χ0n) is 16.8. The number of amides is 3. The molecule has 2 N–H and O–H groups in total. The third kappa shape index (κ3) is 4.66. The van der Waals surface area contributed by atoms with Crippen molar-refractivity contribution in [3.63, 3.8) is 0 Å². The highest BCUT2D eigenvalue weighted by Crippen LogP contribution is 2.25. The van der Waals surface area contributed by atoms with Crippen molar-refractivity contribution in [1.82, 2.24) is 4.90 Å². The number of nitriles is 1. The summed E-state index contributed by atoms with van der Waals surface area (Å²) >= 11 is 1.49. The summed E-state index contributed by atoms with van der Waals surface area (Å²) in [7, 11) is 0. The van der Waals surface area contributed by atoms with Gasteiger partial charge < -0.3 is 20.0 Å². The number of hydrogen-bond acceptors (Lipinski definition) is 6. The first-order valence-corrected chi connectivity index (χ1v) is 10.9. The van der Waals surface area contributed by atoms with Gasteiger partial charge >= 0.3 is 0 Å². The van der Waals surface area contributed by atoms with E-state index in [0.29, 0.717) is 34.1 Å². The lowest BCUT2D eigenvalue weighted by molar-refractivity contribution is -0.119. The summed E-state index contributed by atoms with van der Waals surface area (Å²) in [6.45, 7) is 0. The van der Waals surface area contributed by atoms with Gasteiger partial charge in [0, 0.05) is 22.7 Å². The van der Waals surface area contributed by atoms with Gasteiger partial charge in [0.15, 0.2) is 5.76 Å². The van der Waals surface area contributed by atoms with E-state index in [1.54, 1.807) is 60.7 Å². The summed E-state index contributed by atoms with van der Waals surface area (Å²) in [6.07, 6.45) is 1.41. The van der Waals surface area contributed by atoms with Gasteiger partial charge in [0.25, 0.3) is 11.8 Å². The molecular formula is C23H18N4O4S. The lowest BCUT2D eigenvalue weighted by Crippen LogP contribution is -2.44. The van der Waals surface area contributed by atoms with Crippen LogP contribution in [0.1, 0.15) is 26.5 Å². The number of nitrogens with zero attached hydrogens (tertiary/aromatic N) is 2. The van der Waals surface area contributed by atoms with E-state index in [9.17, 15) is 14.4 Å². The summed E-state index contributed by atoms with van der Waals surface area (Å²) in [5.41, 5.74) is 1.86. The van der Waals surface area contributed by atoms with Crippen molar-refractivity contribution in [2.75, 3.05) is 22.3 Å². The number of carbonyl (C=O) groups excluding carboxylic acids is 3. The molecule has 3 amide bonds. The predicted molar refractivity (Wildman–Crippen MR) is 120 cm³/mol. The Morgan fingerprint density at radius 3 is 2.56 bits per heavy atom. The largest absolute Gasteiger partial charge is 0.459 e. The molecule has 3 aromatic rings. The molecule has 4 rings (SSSR count). The van der Waals surface area contributed by atoms with Crippen LogP contribution >= 0.6 is 11.8 Å². The van der Waals surface area contributed by atoms with E-state index < -0.39 is 11.9 Å². The van der Waals surface area contributed by atoms with E-state index in [1.807, 2.05) is 6.07 Å². The van der Waals surface area contributed by atoms with Gasteiger partial charge in [-0.2, -0.15) is 5.26 Å². The third-order valence-corrected chi connectivity index (χ3v) is 5.85. The molecule has 0 saturated carbocycles. The van der Waals surface area contributed by atoms with E-state index >= 15 is 0 Å². The molecule has 32 heavy (non-hydrogen) atoms. The van der Waals surface area contributed by atoms with Crippen molar-refractivity contribution in [2.45, 2.75) is 6.04 Å². The van der Waals surface area contributed by atoms with Gasteiger partial charge in [0.1, 0.15) is 6.04 Å². The Kier molecular flexibility index (Phi) is 6.24. The number of nitrogens with one attached hydrogen (secondary N) is 2. The first-order chi connectivity index (χ1) is 15.5. The zero-order valence-corrected chi connectivity index (χ0v) is 17.6. The van der Waals surface area contributed by atoms with Crippen molar-refractivity contribution < 1.29 is 18.8 Å². The van der Waals surface area contributed by atoms with Gasteiger partial charge in [0.2, 0.25) is 5.91 Å². The molecule has 0 aliphatic carbocycles. The average molecular weight is 446 g/mol. The maximum absolute atomic E-state index is 13.1. The highest BCUT2D eigenvalue weighted by atomic mass is 32.2. The maximum Gasteiger partial charge on any atom is 0.291 e. The summed E-state index contributed by atoms with van der Waals surface area (Å²) in [6, 6.07) is 17.6. The second kappa shape index (κ2) is 9.41. The van der Waals surface area contributed by atoms with Crippen molar-refractivity contribution in [2.24, 2.45) is 0 Å². The maximum atomic E-state index is 13.1. The molecule has 1 fully saturated rings. The summed E-state index contributed by atoms with van der Waals surface area (Å²) in [5, 5.41) is 14.4. The molecule has 1 aromatic heterocycles. The van der Waals surface area contributed by atoms with Gasteiger partial charge in [-0.3, -0.25) is 14.4 Å². The molecule has 0 radical (unpaired) electrons. The minimum Gasteiger partial charge on any atom is -0.459 e. The van der Waals surface area contributed by atoms with Crippen LogP contribution in [-0.4, -0.2) is 40.3 Å². The molecule has 160 valence electrons. The topological polar surface area (TPSA) is 115 Å². The van der Waals surface area contributed by atoms with Crippen molar-refractivity contribution in [3.05, 3.63) is 83.8 Å². The lowest BCUT2D eigenvalue weighted by atomic mass is 10.1. The Labute approximate surface area is 188 Å². The van der Waals surface area contributed by atoms with E-state index in [2.05, 4.69) is 10.6 Å². The Bertz CT molecular complexity index is 1190. The van der Waals surface area contributed by atoms with Crippen molar-refractivity contribution >= 4 is 40.9 Å². The quantitative estimate of drug-likeness (QED) is 0.619. The van der Waals surface area contributed by atoms with Gasteiger partial charge in [-0.1, -0.05) is 6.07 Å². The summed E-state index contributed by atoms with van der Waals surface area (Å²) < 4.78 is 5.08. The number of carbonyl (C=O) groups is 3. The fraction of sp³-hybridized carbons (Fsp3) is 0.130. The predicted octanol–water partition coefficient (Wildman–Crippen LogP) is 3.56. The van der Waals surface area contributed by atoms with E-state index in [1.165, 1.54) is 22.9 Å². The minimum absolute atomic E-state index is 0.164. The monoisotopic (exact) mass is 446 g/mol. The number of benzene rings is 2. The fourth-order valence-corrected chi connectivity index (χ4v) is 4.36. The highest BCUT2D eigenvalue weighted by Gasteiger charge is 2.35. The van der Waals surface area contributed by atoms with Gasteiger partial charge in [-0.15, -0.1) is 11.8 Å². The number of rotatable bonds is 5. The fourth-order valence-electron chi connectivity index (χ4n) is 3.21. The van der Waals surface area contributed by atoms with E-state index in [0.717, 1.165) is 0 Å². The third-order valence-electron chi connectivity index (χ3n) is 4.84. The first kappa shape index (κ1) is 21.2. The molecule has 2 aromatic carbocycles. The second-order valence-electron chi connectivity index (χ2n) is 6.98. The van der Waals surface area contributed by atoms with E-state index in [-0.39, 0.29) is 17.6 Å². The van der Waals surface area contributed by atoms with E-state index in [4.69, 9.17) is 9.68 Å².